The quantitative estimate of drug-likeness (QED) is 0.310. The van der Waals surface area contributed by atoms with Crippen molar-refractivity contribution in [3.8, 4) is 11.5 Å². The Morgan fingerprint density at radius 3 is 1.93 bits per heavy atom. The zero-order valence-corrected chi connectivity index (χ0v) is 14.3. The molecule has 3 aromatic carbocycles. The second-order valence-electron chi connectivity index (χ2n) is 5.79. The summed E-state index contributed by atoms with van der Waals surface area (Å²) >= 11 is 0. The number of hydrogen-bond acceptors (Lipinski definition) is 5. The molecule has 0 amide bonds. The number of phenolic OH excluding ortho intramolecular Hbond substituents is 1. The average Bonchev–Trinajstić information content (AvgIpc) is 2.69. The van der Waals surface area contributed by atoms with E-state index in [0.29, 0.717) is 11.1 Å². The molecule has 134 valence electrons. The number of rotatable bonds is 6. The van der Waals surface area contributed by atoms with E-state index in [-0.39, 0.29) is 22.8 Å². The van der Waals surface area contributed by atoms with Gasteiger partial charge in [0, 0.05) is 5.56 Å². The van der Waals surface area contributed by atoms with Crippen molar-refractivity contribution in [1.82, 2.24) is 0 Å². The molecule has 0 saturated heterocycles. The lowest BCUT2D eigenvalue weighted by Gasteiger charge is -2.11. The Labute approximate surface area is 155 Å². The molecule has 0 heterocycles. The molecule has 0 spiro atoms. The number of benzene rings is 3. The van der Waals surface area contributed by atoms with E-state index < -0.39 is 18.2 Å². The number of carbonyl (C=O) groups excluding carboxylic acids is 3. The van der Waals surface area contributed by atoms with Gasteiger partial charge < -0.3 is 9.84 Å². The van der Waals surface area contributed by atoms with E-state index in [4.69, 9.17) is 4.74 Å². The summed E-state index contributed by atoms with van der Waals surface area (Å²) in [6, 6.07) is 20.8. The van der Waals surface area contributed by atoms with Crippen molar-refractivity contribution in [2.24, 2.45) is 0 Å². The van der Waals surface area contributed by atoms with E-state index in [0.717, 1.165) is 0 Å². The highest BCUT2D eigenvalue weighted by Crippen LogP contribution is 2.30. The smallest absolute Gasteiger partial charge is 0.343 e. The zero-order chi connectivity index (χ0) is 19.2. The molecule has 0 saturated carbocycles. The summed E-state index contributed by atoms with van der Waals surface area (Å²) in [7, 11) is 0. The minimum Gasteiger partial charge on any atom is -0.507 e. The standard InChI is InChI=1S/C22H16O5/c23-17-12-7-13-20(27-22(26)16-10-5-2-6-11-16)21(17)19(25)14-18(24)15-8-3-1-4-9-15/h1-13,23H,14H2. The van der Waals surface area contributed by atoms with Crippen molar-refractivity contribution < 1.29 is 24.2 Å². The van der Waals surface area contributed by atoms with Gasteiger partial charge in [-0.15, -0.1) is 0 Å². The minimum atomic E-state index is -0.662. The van der Waals surface area contributed by atoms with Crippen molar-refractivity contribution in [1.29, 1.82) is 0 Å². The fourth-order valence-electron chi connectivity index (χ4n) is 2.58. The molecule has 3 rings (SSSR count). The van der Waals surface area contributed by atoms with Crippen molar-refractivity contribution in [3.63, 3.8) is 0 Å². The molecule has 5 heteroatoms. The van der Waals surface area contributed by atoms with Gasteiger partial charge in [-0.3, -0.25) is 9.59 Å². The van der Waals surface area contributed by atoms with Crippen LogP contribution in [0.5, 0.6) is 11.5 Å². The van der Waals surface area contributed by atoms with E-state index in [2.05, 4.69) is 0 Å². The predicted molar refractivity (Wildman–Crippen MR) is 99.2 cm³/mol. The number of phenols is 1. The third-order valence-corrected chi connectivity index (χ3v) is 3.91. The third-order valence-electron chi connectivity index (χ3n) is 3.91. The fraction of sp³-hybridized carbons (Fsp3) is 0.0455. The lowest BCUT2D eigenvalue weighted by molar-refractivity contribution is 0.0732. The fourth-order valence-corrected chi connectivity index (χ4v) is 2.58. The largest absolute Gasteiger partial charge is 0.507 e. The molecule has 0 bridgehead atoms. The van der Waals surface area contributed by atoms with Crippen molar-refractivity contribution in [2.75, 3.05) is 0 Å². The summed E-state index contributed by atoms with van der Waals surface area (Å²) in [6.07, 6.45) is -0.447. The van der Waals surface area contributed by atoms with Gasteiger partial charge in [0.2, 0.25) is 0 Å². The Morgan fingerprint density at radius 1 is 0.704 bits per heavy atom. The molecule has 1 N–H and O–H groups in total. The maximum Gasteiger partial charge on any atom is 0.343 e. The van der Waals surface area contributed by atoms with E-state index in [1.54, 1.807) is 60.7 Å². The summed E-state index contributed by atoms with van der Waals surface area (Å²) in [5.41, 5.74) is 0.509. The number of hydrogen-bond donors (Lipinski definition) is 1. The molecule has 0 unspecified atom stereocenters. The van der Waals surface area contributed by atoms with Gasteiger partial charge in [-0.1, -0.05) is 54.6 Å². The molecule has 0 aliphatic carbocycles. The monoisotopic (exact) mass is 360 g/mol. The van der Waals surface area contributed by atoms with Gasteiger partial charge in [0.25, 0.3) is 0 Å². The van der Waals surface area contributed by atoms with Gasteiger partial charge in [-0.2, -0.15) is 0 Å². The van der Waals surface area contributed by atoms with Gasteiger partial charge in [0.1, 0.15) is 17.1 Å². The second-order valence-corrected chi connectivity index (χ2v) is 5.79. The highest BCUT2D eigenvalue weighted by atomic mass is 16.5. The summed E-state index contributed by atoms with van der Waals surface area (Å²) in [5.74, 6) is -2.11. The van der Waals surface area contributed by atoms with Crippen LogP contribution in [0.2, 0.25) is 0 Å². The number of Topliss-reactive ketones (excluding diaryl/α,β-unsaturated/α-hetero) is 2. The van der Waals surface area contributed by atoms with Crippen LogP contribution in [0, 0.1) is 0 Å². The minimum absolute atomic E-state index is 0.0882. The van der Waals surface area contributed by atoms with Crippen LogP contribution in [0.25, 0.3) is 0 Å². The Kier molecular flexibility index (Phi) is 5.42. The first-order valence-corrected chi connectivity index (χ1v) is 8.27. The van der Waals surface area contributed by atoms with Gasteiger partial charge in [-0.25, -0.2) is 4.79 Å². The average molecular weight is 360 g/mol. The number of aromatic hydroxyl groups is 1. The molecular weight excluding hydrogens is 344 g/mol. The number of esters is 1. The van der Waals surface area contributed by atoms with Crippen LogP contribution < -0.4 is 4.74 Å². The molecule has 0 aromatic heterocycles. The molecule has 0 fully saturated rings. The second kappa shape index (κ2) is 8.10. The molecule has 0 atom stereocenters. The SMILES string of the molecule is O=C(CC(=O)c1c(O)cccc1OC(=O)c1ccccc1)c1ccccc1. The topological polar surface area (TPSA) is 80.7 Å². The Hall–Kier alpha value is -3.73. The Morgan fingerprint density at radius 2 is 1.30 bits per heavy atom. The summed E-state index contributed by atoms with van der Waals surface area (Å²) in [6.45, 7) is 0. The molecular formula is C22H16O5. The number of ether oxygens (including phenoxy) is 1. The van der Waals surface area contributed by atoms with E-state index in [9.17, 15) is 19.5 Å². The molecule has 5 nitrogen and oxygen atoms in total. The maximum absolute atomic E-state index is 12.6. The first-order valence-electron chi connectivity index (χ1n) is 8.27. The number of ketones is 2. The van der Waals surface area contributed by atoms with Crippen LogP contribution in [-0.4, -0.2) is 22.6 Å². The van der Waals surface area contributed by atoms with Crippen LogP contribution in [0.15, 0.2) is 78.9 Å². The summed E-state index contributed by atoms with van der Waals surface area (Å²) < 4.78 is 5.29. The lowest BCUT2D eigenvalue weighted by Crippen LogP contribution is -2.14. The Bertz CT molecular complexity index is 978. The van der Waals surface area contributed by atoms with E-state index >= 15 is 0 Å². The van der Waals surface area contributed by atoms with Crippen LogP contribution >= 0.6 is 0 Å². The highest BCUT2D eigenvalue weighted by molar-refractivity contribution is 6.15. The van der Waals surface area contributed by atoms with Crippen molar-refractivity contribution in [3.05, 3.63) is 95.6 Å². The van der Waals surface area contributed by atoms with Gasteiger partial charge >= 0.3 is 5.97 Å². The lowest BCUT2D eigenvalue weighted by atomic mass is 10.00. The van der Waals surface area contributed by atoms with Gasteiger partial charge in [0.05, 0.1) is 12.0 Å². The van der Waals surface area contributed by atoms with Gasteiger partial charge in [0.15, 0.2) is 11.6 Å². The normalized spacial score (nSPS) is 10.2. The van der Waals surface area contributed by atoms with E-state index in [1.165, 1.54) is 18.2 Å². The third kappa shape index (κ3) is 4.27. The molecule has 27 heavy (non-hydrogen) atoms. The van der Waals surface area contributed by atoms with Crippen LogP contribution in [0.3, 0.4) is 0 Å². The summed E-state index contributed by atoms with van der Waals surface area (Å²) in [5, 5.41) is 10.1. The summed E-state index contributed by atoms with van der Waals surface area (Å²) in [4.78, 5) is 37.2. The highest BCUT2D eigenvalue weighted by Gasteiger charge is 2.22. The van der Waals surface area contributed by atoms with E-state index in [1.807, 2.05) is 0 Å². The molecule has 3 aromatic rings. The molecule has 0 aliphatic heterocycles. The number of carbonyl (C=O) groups is 3. The molecule has 0 aliphatic rings. The van der Waals surface area contributed by atoms with Crippen molar-refractivity contribution >= 4 is 17.5 Å². The zero-order valence-electron chi connectivity index (χ0n) is 14.3. The first kappa shape index (κ1) is 18.1. The maximum atomic E-state index is 12.6. The first-order chi connectivity index (χ1) is 13.1. The van der Waals surface area contributed by atoms with Gasteiger partial charge in [-0.05, 0) is 24.3 Å². The Balaban J connectivity index is 1.84. The molecule has 0 radical (unpaired) electrons. The van der Waals surface area contributed by atoms with Crippen LogP contribution in [-0.2, 0) is 0 Å². The van der Waals surface area contributed by atoms with Crippen LogP contribution in [0.4, 0.5) is 0 Å². The predicted octanol–water partition coefficient (Wildman–Crippen LogP) is 4.07. The van der Waals surface area contributed by atoms with Crippen molar-refractivity contribution in [2.45, 2.75) is 6.42 Å². The van der Waals surface area contributed by atoms with Crippen LogP contribution in [0.1, 0.15) is 37.5 Å².